The number of hydrogen-bond donors (Lipinski definition) is 0. The van der Waals surface area contributed by atoms with Gasteiger partial charge in [-0.15, -0.1) is 0 Å². The van der Waals surface area contributed by atoms with Crippen LogP contribution in [0.25, 0.3) is 0 Å². The molecule has 2 heteroatoms. The van der Waals surface area contributed by atoms with Crippen LogP contribution in [0.15, 0.2) is 30.3 Å². The van der Waals surface area contributed by atoms with E-state index in [2.05, 4.69) is 6.92 Å². The van der Waals surface area contributed by atoms with Crippen molar-refractivity contribution in [2.45, 2.75) is 19.3 Å². The van der Waals surface area contributed by atoms with Crippen molar-refractivity contribution in [1.29, 1.82) is 0 Å². The molecule has 0 aliphatic heterocycles. The summed E-state index contributed by atoms with van der Waals surface area (Å²) in [6.45, 7) is 2.58. The Morgan fingerprint density at radius 2 is 1.87 bits per heavy atom. The number of likely N-dealkylation sites (N-methyl/N-ethyl adjacent to an activating group) is 1. The first-order valence-electron chi connectivity index (χ1n) is 5.37. The summed E-state index contributed by atoms with van der Waals surface area (Å²) in [5, 5.41) is 0. The number of benzene rings is 1. The molecule has 0 saturated heterocycles. The summed E-state index contributed by atoms with van der Waals surface area (Å²) >= 11 is 0. The van der Waals surface area contributed by atoms with Crippen molar-refractivity contribution >= 4 is 5.78 Å². The lowest BCUT2D eigenvalue weighted by Crippen LogP contribution is -2.26. The number of carbonyl (C=O) groups is 1. The second-order valence-electron chi connectivity index (χ2n) is 4.08. The van der Waals surface area contributed by atoms with Gasteiger partial charge >= 0.3 is 0 Å². The van der Waals surface area contributed by atoms with E-state index in [-0.39, 0.29) is 5.92 Å². The fourth-order valence-electron chi connectivity index (χ4n) is 1.76. The fraction of sp³-hybridized carbons (Fsp3) is 0.462. The Morgan fingerprint density at radius 3 is 2.33 bits per heavy atom. The molecule has 0 saturated carbocycles. The number of ketones is 1. The second-order valence-corrected chi connectivity index (χ2v) is 4.08. The van der Waals surface area contributed by atoms with E-state index in [9.17, 15) is 4.79 Å². The molecule has 0 amide bonds. The molecule has 1 aromatic carbocycles. The number of nitrogens with zero attached hydrogens (tertiary/aromatic N) is 1. The summed E-state index contributed by atoms with van der Waals surface area (Å²) in [7, 11) is 3.85. The molecule has 0 aromatic heterocycles. The smallest absolute Gasteiger partial charge is 0.154 e. The van der Waals surface area contributed by atoms with Crippen LogP contribution in [0.4, 0.5) is 0 Å². The van der Waals surface area contributed by atoms with Gasteiger partial charge in [-0.25, -0.2) is 0 Å². The Morgan fingerprint density at radius 1 is 1.27 bits per heavy atom. The minimum absolute atomic E-state index is 0.0496. The van der Waals surface area contributed by atoms with Crippen LogP contribution in [-0.4, -0.2) is 31.3 Å². The first kappa shape index (κ1) is 11.9. The summed E-state index contributed by atoms with van der Waals surface area (Å²) in [6, 6.07) is 10.0. The van der Waals surface area contributed by atoms with Gasteiger partial charge in [0, 0.05) is 5.92 Å². The Hall–Kier alpha value is -1.15. The highest BCUT2D eigenvalue weighted by Gasteiger charge is 2.18. The maximum atomic E-state index is 11.9. The van der Waals surface area contributed by atoms with Gasteiger partial charge in [0.25, 0.3) is 0 Å². The molecular weight excluding hydrogens is 186 g/mol. The van der Waals surface area contributed by atoms with Gasteiger partial charge in [-0.05, 0) is 26.1 Å². The molecular formula is C13H19NO. The van der Waals surface area contributed by atoms with Crippen molar-refractivity contribution in [3.63, 3.8) is 0 Å². The quantitative estimate of drug-likeness (QED) is 0.735. The molecule has 0 fully saturated rings. The third kappa shape index (κ3) is 3.48. The van der Waals surface area contributed by atoms with Crippen LogP contribution in [0.5, 0.6) is 0 Å². The predicted molar refractivity (Wildman–Crippen MR) is 63.0 cm³/mol. The van der Waals surface area contributed by atoms with Gasteiger partial charge in [-0.2, -0.15) is 0 Å². The third-order valence-corrected chi connectivity index (χ3v) is 2.47. The van der Waals surface area contributed by atoms with E-state index in [1.54, 1.807) is 0 Å². The molecule has 1 unspecified atom stereocenters. The summed E-state index contributed by atoms with van der Waals surface area (Å²) in [5.41, 5.74) is 1.13. The molecule has 0 N–H and O–H groups in total. The van der Waals surface area contributed by atoms with Crippen molar-refractivity contribution in [3.8, 4) is 0 Å². The van der Waals surface area contributed by atoms with E-state index in [0.29, 0.717) is 12.3 Å². The van der Waals surface area contributed by atoms with Gasteiger partial charge in [0.15, 0.2) is 5.78 Å². The van der Waals surface area contributed by atoms with Crippen LogP contribution in [0, 0.1) is 0 Å². The summed E-state index contributed by atoms with van der Waals surface area (Å²) in [4.78, 5) is 13.9. The van der Waals surface area contributed by atoms with Gasteiger partial charge in [0.2, 0.25) is 0 Å². The monoisotopic (exact) mass is 205 g/mol. The van der Waals surface area contributed by atoms with Gasteiger partial charge < -0.3 is 4.90 Å². The van der Waals surface area contributed by atoms with Crippen molar-refractivity contribution in [3.05, 3.63) is 35.9 Å². The number of rotatable bonds is 5. The van der Waals surface area contributed by atoms with E-state index < -0.39 is 0 Å². The maximum Gasteiger partial charge on any atom is 0.154 e. The molecule has 0 bridgehead atoms. The highest BCUT2D eigenvalue weighted by molar-refractivity contribution is 5.87. The molecule has 0 aliphatic rings. The van der Waals surface area contributed by atoms with Gasteiger partial charge in [0.05, 0.1) is 6.54 Å². The minimum atomic E-state index is 0.0496. The summed E-state index contributed by atoms with van der Waals surface area (Å²) < 4.78 is 0. The van der Waals surface area contributed by atoms with E-state index in [1.165, 1.54) is 0 Å². The van der Waals surface area contributed by atoms with E-state index in [4.69, 9.17) is 0 Å². The van der Waals surface area contributed by atoms with Gasteiger partial charge in [-0.1, -0.05) is 37.3 Å². The minimum Gasteiger partial charge on any atom is -0.302 e. The average Bonchev–Trinajstić information content (AvgIpc) is 2.19. The zero-order chi connectivity index (χ0) is 11.3. The lowest BCUT2D eigenvalue weighted by Gasteiger charge is -2.16. The molecule has 0 heterocycles. The Kier molecular flexibility index (Phi) is 4.50. The molecule has 82 valence electrons. The Labute approximate surface area is 91.9 Å². The van der Waals surface area contributed by atoms with Crippen molar-refractivity contribution < 1.29 is 4.79 Å². The van der Waals surface area contributed by atoms with Crippen LogP contribution in [0.1, 0.15) is 24.8 Å². The number of hydrogen-bond acceptors (Lipinski definition) is 2. The van der Waals surface area contributed by atoms with Crippen molar-refractivity contribution in [2.24, 2.45) is 0 Å². The normalized spacial score (nSPS) is 12.8. The number of carbonyl (C=O) groups excluding carboxylic acids is 1. The van der Waals surface area contributed by atoms with Gasteiger partial charge in [-0.3, -0.25) is 4.79 Å². The van der Waals surface area contributed by atoms with E-state index >= 15 is 0 Å². The lowest BCUT2D eigenvalue weighted by atomic mass is 9.92. The first-order valence-corrected chi connectivity index (χ1v) is 5.37. The third-order valence-electron chi connectivity index (χ3n) is 2.47. The van der Waals surface area contributed by atoms with Crippen LogP contribution in [0.3, 0.4) is 0 Å². The van der Waals surface area contributed by atoms with Gasteiger partial charge in [0.1, 0.15) is 0 Å². The fourth-order valence-corrected chi connectivity index (χ4v) is 1.76. The zero-order valence-corrected chi connectivity index (χ0v) is 9.73. The summed E-state index contributed by atoms with van der Waals surface area (Å²) in [6.07, 6.45) is 0.872. The molecule has 1 atom stereocenters. The second kappa shape index (κ2) is 5.66. The molecule has 15 heavy (non-hydrogen) atoms. The van der Waals surface area contributed by atoms with E-state index in [0.717, 1.165) is 12.0 Å². The van der Waals surface area contributed by atoms with Crippen LogP contribution < -0.4 is 0 Å². The van der Waals surface area contributed by atoms with E-state index in [1.807, 2.05) is 49.3 Å². The van der Waals surface area contributed by atoms with Crippen LogP contribution >= 0.6 is 0 Å². The highest BCUT2D eigenvalue weighted by atomic mass is 16.1. The SMILES string of the molecule is CCC(C(=O)CN(C)C)c1ccccc1. The molecule has 1 aromatic rings. The zero-order valence-electron chi connectivity index (χ0n) is 9.73. The van der Waals surface area contributed by atoms with Crippen LogP contribution in [0.2, 0.25) is 0 Å². The average molecular weight is 205 g/mol. The lowest BCUT2D eigenvalue weighted by molar-refractivity contribution is -0.121. The first-order chi connectivity index (χ1) is 7.15. The maximum absolute atomic E-state index is 11.9. The molecule has 0 aliphatic carbocycles. The van der Waals surface area contributed by atoms with Crippen LogP contribution in [-0.2, 0) is 4.79 Å². The highest BCUT2D eigenvalue weighted by Crippen LogP contribution is 2.20. The Bertz CT molecular complexity index is 306. The summed E-state index contributed by atoms with van der Waals surface area (Å²) in [5.74, 6) is 0.349. The topological polar surface area (TPSA) is 20.3 Å². The largest absolute Gasteiger partial charge is 0.302 e. The van der Waals surface area contributed by atoms with Crippen molar-refractivity contribution in [2.75, 3.05) is 20.6 Å². The molecule has 1 rings (SSSR count). The molecule has 0 spiro atoms. The standard InChI is InChI=1S/C13H19NO/c1-4-12(13(15)10-14(2)3)11-8-6-5-7-9-11/h5-9,12H,4,10H2,1-3H3. The molecule has 2 nitrogen and oxygen atoms in total. The Balaban J connectivity index is 2.76. The number of Topliss-reactive ketones (excluding diaryl/α,β-unsaturated/α-hetero) is 1. The predicted octanol–water partition coefficient (Wildman–Crippen LogP) is 2.31. The molecule has 0 radical (unpaired) electrons. The van der Waals surface area contributed by atoms with Crippen molar-refractivity contribution in [1.82, 2.24) is 4.90 Å².